The van der Waals surface area contributed by atoms with Gasteiger partial charge in [-0.05, 0) is 45.5 Å². The molecule has 0 radical (unpaired) electrons. The third kappa shape index (κ3) is 3.61. The topological polar surface area (TPSA) is 84.0 Å². The van der Waals surface area contributed by atoms with Crippen molar-refractivity contribution < 1.29 is 8.42 Å². The van der Waals surface area contributed by atoms with E-state index in [1.165, 1.54) is 7.05 Å². The SMILES string of the molecule is CNS(=O)(=O)c1cccc(CNc2nc(C)nc(C)c2C)c1. The lowest BCUT2D eigenvalue weighted by molar-refractivity contribution is 0.588. The monoisotopic (exact) mass is 320 g/mol. The maximum absolute atomic E-state index is 11.8. The van der Waals surface area contributed by atoms with Crippen LogP contribution in [0.5, 0.6) is 0 Å². The van der Waals surface area contributed by atoms with Gasteiger partial charge in [-0.2, -0.15) is 0 Å². The summed E-state index contributed by atoms with van der Waals surface area (Å²) >= 11 is 0. The number of benzene rings is 1. The summed E-state index contributed by atoms with van der Waals surface area (Å²) in [6, 6.07) is 6.82. The highest BCUT2D eigenvalue weighted by Crippen LogP contribution is 2.17. The normalized spacial score (nSPS) is 11.5. The van der Waals surface area contributed by atoms with E-state index in [-0.39, 0.29) is 4.90 Å². The molecule has 22 heavy (non-hydrogen) atoms. The van der Waals surface area contributed by atoms with Crippen LogP contribution in [-0.2, 0) is 16.6 Å². The van der Waals surface area contributed by atoms with Gasteiger partial charge in [0.15, 0.2) is 0 Å². The van der Waals surface area contributed by atoms with Gasteiger partial charge in [0, 0.05) is 17.8 Å². The fraction of sp³-hybridized carbons (Fsp3) is 0.333. The third-order valence-electron chi connectivity index (χ3n) is 3.44. The summed E-state index contributed by atoms with van der Waals surface area (Å²) in [6.45, 7) is 6.23. The third-order valence-corrected chi connectivity index (χ3v) is 4.85. The maximum Gasteiger partial charge on any atom is 0.240 e. The van der Waals surface area contributed by atoms with Gasteiger partial charge in [0.2, 0.25) is 10.0 Å². The lowest BCUT2D eigenvalue weighted by Crippen LogP contribution is -2.18. The largest absolute Gasteiger partial charge is 0.366 e. The van der Waals surface area contributed by atoms with E-state index in [4.69, 9.17) is 0 Å². The zero-order chi connectivity index (χ0) is 16.3. The first-order chi connectivity index (χ1) is 10.3. The predicted octanol–water partition coefficient (Wildman–Crippen LogP) is 1.92. The Labute approximate surface area is 131 Å². The minimum atomic E-state index is -3.43. The van der Waals surface area contributed by atoms with Gasteiger partial charge in [-0.1, -0.05) is 12.1 Å². The van der Waals surface area contributed by atoms with Crippen molar-refractivity contribution in [3.05, 3.63) is 46.9 Å². The van der Waals surface area contributed by atoms with E-state index in [0.29, 0.717) is 12.4 Å². The highest BCUT2D eigenvalue weighted by atomic mass is 32.2. The Kier molecular flexibility index (Phi) is 4.77. The molecule has 2 aromatic rings. The van der Waals surface area contributed by atoms with Crippen LogP contribution in [0.15, 0.2) is 29.2 Å². The van der Waals surface area contributed by atoms with E-state index in [1.807, 2.05) is 26.8 Å². The molecule has 0 aliphatic carbocycles. The van der Waals surface area contributed by atoms with E-state index in [9.17, 15) is 8.42 Å². The Hall–Kier alpha value is -1.99. The summed E-state index contributed by atoms with van der Waals surface area (Å²) in [5, 5.41) is 3.24. The number of aromatic nitrogens is 2. The second kappa shape index (κ2) is 6.41. The number of nitrogens with zero attached hydrogens (tertiary/aromatic N) is 2. The van der Waals surface area contributed by atoms with Crippen LogP contribution in [0.3, 0.4) is 0 Å². The highest BCUT2D eigenvalue weighted by Gasteiger charge is 2.11. The molecule has 0 atom stereocenters. The zero-order valence-electron chi connectivity index (χ0n) is 13.1. The first kappa shape index (κ1) is 16.4. The van der Waals surface area contributed by atoms with Crippen LogP contribution in [0.25, 0.3) is 0 Å². The predicted molar refractivity (Wildman–Crippen MR) is 86.3 cm³/mol. The van der Waals surface area contributed by atoms with E-state index in [2.05, 4.69) is 20.0 Å². The highest BCUT2D eigenvalue weighted by molar-refractivity contribution is 7.89. The molecular formula is C15H20N4O2S. The maximum atomic E-state index is 11.8. The molecule has 7 heteroatoms. The van der Waals surface area contributed by atoms with Crippen LogP contribution >= 0.6 is 0 Å². The zero-order valence-corrected chi connectivity index (χ0v) is 14.0. The van der Waals surface area contributed by atoms with Crippen LogP contribution in [-0.4, -0.2) is 25.4 Å². The fourth-order valence-corrected chi connectivity index (χ4v) is 2.87. The summed E-state index contributed by atoms with van der Waals surface area (Å²) in [5.41, 5.74) is 2.79. The van der Waals surface area contributed by atoms with Gasteiger partial charge in [0.1, 0.15) is 11.6 Å². The Morgan fingerprint density at radius 2 is 1.86 bits per heavy atom. The fourth-order valence-electron chi connectivity index (χ4n) is 2.07. The molecule has 0 aliphatic rings. The molecule has 0 saturated carbocycles. The lowest BCUT2D eigenvalue weighted by atomic mass is 10.2. The molecular weight excluding hydrogens is 300 g/mol. The van der Waals surface area contributed by atoms with E-state index in [0.717, 1.165) is 22.6 Å². The van der Waals surface area contributed by atoms with Crippen LogP contribution in [0.4, 0.5) is 5.82 Å². The van der Waals surface area contributed by atoms with Crippen LogP contribution in [0, 0.1) is 20.8 Å². The van der Waals surface area contributed by atoms with Crippen molar-refractivity contribution in [3.8, 4) is 0 Å². The van der Waals surface area contributed by atoms with Gasteiger partial charge in [0.25, 0.3) is 0 Å². The van der Waals surface area contributed by atoms with Crippen molar-refractivity contribution in [2.24, 2.45) is 0 Å². The van der Waals surface area contributed by atoms with Crippen molar-refractivity contribution >= 4 is 15.8 Å². The minimum absolute atomic E-state index is 0.251. The molecule has 1 aromatic carbocycles. The van der Waals surface area contributed by atoms with Gasteiger partial charge in [-0.3, -0.25) is 0 Å². The number of nitrogens with one attached hydrogen (secondary N) is 2. The number of sulfonamides is 1. The summed E-state index contributed by atoms with van der Waals surface area (Å²) in [5.74, 6) is 1.48. The molecule has 118 valence electrons. The number of anilines is 1. The Morgan fingerprint density at radius 3 is 2.55 bits per heavy atom. The van der Waals surface area contributed by atoms with Crippen molar-refractivity contribution in [2.45, 2.75) is 32.2 Å². The Balaban J connectivity index is 2.21. The second-order valence-corrected chi connectivity index (χ2v) is 6.92. The van der Waals surface area contributed by atoms with E-state index in [1.54, 1.807) is 18.2 Å². The van der Waals surface area contributed by atoms with Gasteiger partial charge < -0.3 is 5.32 Å². The van der Waals surface area contributed by atoms with Gasteiger partial charge in [-0.25, -0.2) is 23.1 Å². The lowest BCUT2D eigenvalue weighted by Gasteiger charge is -2.12. The molecule has 0 aliphatic heterocycles. The standard InChI is InChI=1S/C15H20N4O2S/c1-10-11(2)18-12(3)19-15(10)17-9-13-6-5-7-14(8-13)22(20,21)16-4/h5-8,16H,9H2,1-4H3,(H,17,18,19). The number of aryl methyl sites for hydroxylation is 2. The number of hydrogen-bond donors (Lipinski definition) is 2. The first-order valence-electron chi connectivity index (χ1n) is 6.91. The average molecular weight is 320 g/mol. The van der Waals surface area contributed by atoms with E-state index < -0.39 is 10.0 Å². The molecule has 2 rings (SSSR count). The van der Waals surface area contributed by atoms with Gasteiger partial charge >= 0.3 is 0 Å². The molecule has 0 fully saturated rings. The molecule has 0 saturated heterocycles. The smallest absolute Gasteiger partial charge is 0.240 e. The molecule has 0 spiro atoms. The van der Waals surface area contributed by atoms with Crippen molar-refractivity contribution in [1.29, 1.82) is 0 Å². The van der Waals surface area contributed by atoms with E-state index >= 15 is 0 Å². The molecule has 0 amide bonds. The molecule has 0 unspecified atom stereocenters. The van der Waals surface area contributed by atoms with Crippen molar-refractivity contribution in [1.82, 2.24) is 14.7 Å². The molecule has 2 N–H and O–H groups in total. The van der Waals surface area contributed by atoms with Crippen LogP contribution in [0.1, 0.15) is 22.6 Å². The van der Waals surface area contributed by atoms with Crippen LogP contribution in [0.2, 0.25) is 0 Å². The minimum Gasteiger partial charge on any atom is -0.366 e. The summed E-state index contributed by atoms with van der Waals surface area (Å²) < 4.78 is 26.0. The van der Waals surface area contributed by atoms with Gasteiger partial charge in [-0.15, -0.1) is 0 Å². The first-order valence-corrected chi connectivity index (χ1v) is 8.40. The molecule has 6 nitrogen and oxygen atoms in total. The van der Waals surface area contributed by atoms with Crippen LogP contribution < -0.4 is 10.0 Å². The molecule has 0 bridgehead atoms. The second-order valence-electron chi connectivity index (χ2n) is 5.04. The quantitative estimate of drug-likeness (QED) is 0.879. The van der Waals surface area contributed by atoms with Crippen molar-refractivity contribution in [2.75, 3.05) is 12.4 Å². The van der Waals surface area contributed by atoms with Crippen molar-refractivity contribution in [3.63, 3.8) is 0 Å². The summed E-state index contributed by atoms with van der Waals surface area (Å²) in [4.78, 5) is 8.94. The van der Waals surface area contributed by atoms with Gasteiger partial charge in [0.05, 0.1) is 4.90 Å². The number of rotatable bonds is 5. The Bertz CT molecular complexity index is 788. The average Bonchev–Trinajstić information content (AvgIpc) is 2.49. The molecule has 1 aromatic heterocycles. The number of hydrogen-bond acceptors (Lipinski definition) is 5. The summed E-state index contributed by atoms with van der Waals surface area (Å²) in [7, 11) is -2.03. The summed E-state index contributed by atoms with van der Waals surface area (Å²) in [6.07, 6.45) is 0. The molecule has 1 heterocycles. The Morgan fingerprint density at radius 1 is 1.14 bits per heavy atom.